The molecule has 2 aromatic rings. The minimum absolute atomic E-state index is 0.0362. The number of carboxylic acids is 1. The fourth-order valence-electron chi connectivity index (χ4n) is 3.95. The van der Waals surface area contributed by atoms with Crippen LogP contribution < -0.4 is 9.64 Å². The minimum Gasteiger partial charge on any atom is -0.493 e. The van der Waals surface area contributed by atoms with Crippen LogP contribution in [0.3, 0.4) is 0 Å². The lowest BCUT2D eigenvalue weighted by molar-refractivity contribution is -0.137. The number of aromatic nitrogens is 2. The number of ether oxygens (including phenoxy) is 1. The number of halogens is 2. The molecule has 7 nitrogen and oxygen atoms in total. The predicted octanol–water partition coefficient (Wildman–Crippen LogP) is 4.71. The van der Waals surface area contributed by atoms with Crippen LogP contribution in [-0.2, 0) is 16.0 Å². The van der Waals surface area contributed by atoms with Crippen molar-refractivity contribution in [3.05, 3.63) is 47.0 Å². The third-order valence-electron chi connectivity index (χ3n) is 5.79. The highest BCUT2D eigenvalue weighted by Crippen LogP contribution is 2.25. The molecule has 3 rings (SSSR count). The van der Waals surface area contributed by atoms with E-state index in [1.807, 2.05) is 0 Å². The van der Waals surface area contributed by atoms with Crippen molar-refractivity contribution < 1.29 is 23.8 Å². The lowest BCUT2D eigenvalue weighted by atomic mass is 9.92. The van der Waals surface area contributed by atoms with Gasteiger partial charge in [0.2, 0.25) is 5.95 Å². The highest BCUT2D eigenvalue weighted by atomic mass is 35.5. The van der Waals surface area contributed by atoms with Crippen LogP contribution in [0.2, 0.25) is 5.02 Å². The zero-order valence-corrected chi connectivity index (χ0v) is 19.3. The summed E-state index contributed by atoms with van der Waals surface area (Å²) in [5.74, 6) is 0.197. The molecule has 2 heterocycles. The molecule has 1 saturated heterocycles. The number of piperidine rings is 1. The van der Waals surface area contributed by atoms with Gasteiger partial charge in [-0.3, -0.25) is 9.59 Å². The molecule has 1 aromatic heterocycles. The predicted molar refractivity (Wildman–Crippen MR) is 123 cm³/mol. The molecule has 178 valence electrons. The lowest BCUT2D eigenvalue weighted by Crippen LogP contribution is -2.34. The molecule has 0 bridgehead atoms. The van der Waals surface area contributed by atoms with Crippen molar-refractivity contribution in [1.29, 1.82) is 0 Å². The van der Waals surface area contributed by atoms with E-state index in [1.165, 1.54) is 6.07 Å². The maximum atomic E-state index is 14.3. The molecular formula is C24H29ClFN3O4. The van der Waals surface area contributed by atoms with Gasteiger partial charge in [-0.1, -0.05) is 17.7 Å². The van der Waals surface area contributed by atoms with Crippen molar-refractivity contribution in [3.63, 3.8) is 0 Å². The first-order valence-electron chi connectivity index (χ1n) is 11.3. The Hall–Kier alpha value is -2.74. The average molecular weight is 478 g/mol. The Balaban J connectivity index is 1.34. The number of ketones is 1. The summed E-state index contributed by atoms with van der Waals surface area (Å²) in [6.45, 7) is 2.33. The molecule has 1 aliphatic rings. The Labute approximate surface area is 197 Å². The summed E-state index contributed by atoms with van der Waals surface area (Å²) < 4.78 is 20.0. The van der Waals surface area contributed by atoms with Crippen LogP contribution in [0.1, 0.15) is 50.5 Å². The van der Waals surface area contributed by atoms with Gasteiger partial charge in [0.15, 0.2) is 0 Å². The summed E-state index contributed by atoms with van der Waals surface area (Å²) >= 11 is 5.84. The van der Waals surface area contributed by atoms with E-state index in [2.05, 4.69) is 14.9 Å². The normalized spacial score (nSPS) is 14.3. The number of benzene rings is 1. The Morgan fingerprint density at radius 3 is 2.55 bits per heavy atom. The molecule has 9 heteroatoms. The summed E-state index contributed by atoms with van der Waals surface area (Å²) in [6.07, 6.45) is 7.59. The Morgan fingerprint density at radius 2 is 1.88 bits per heavy atom. The van der Waals surface area contributed by atoms with E-state index >= 15 is 0 Å². The molecule has 1 aromatic carbocycles. The number of rotatable bonds is 12. The lowest BCUT2D eigenvalue weighted by Gasteiger charge is -2.31. The summed E-state index contributed by atoms with van der Waals surface area (Å²) in [7, 11) is 0. The minimum atomic E-state index is -0.937. The summed E-state index contributed by atoms with van der Waals surface area (Å²) in [5.41, 5.74) is 0.305. The largest absolute Gasteiger partial charge is 0.493 e. The Morgan fingerprint density at radius 1 is 1.15 bits per heavy atom. The van der Waals surface area contributed by atoms with E-state index in [0.29, 0.717) is 34.8 Å². The van der Waals surface area contributed by atoms with Gasteiger partial charge in [-0.2, -0.15) is 0 Å². The van der Waals surface area contributed by atoms with Crippen molar-refractivity contribution in [2.24, 2.45) is 5.92 Å². The van der Waals surface area contributed by atoms with E-state index in [4.69, 9.17) is 21.4 Å². The second-order valence-electron chi connectivity index (χ2n) is 8.34. The van der Waals surface area contributed by atoms with E-state index < -0.39 is 11.8 Å². The first-order valence-corrected chi connectivity index (χ1v) is 11.7. The fourth-order valence-corrected chi connectivity index (χ4v) is 4.05. The number of aliphatic carboxylic acids is 1. The molecule has 0 aliphatic carbocycles. The highest BCUT2D eigenvalue weighted by Gasteiger charge is 2.20. The highest BCUT2D eigenvalue weighted by molar-refractivity contribution is 6.30. The van der Waals surface area contributed by atoms with Crippen molar-refractivity contribution in [2.45, 2.75) is 51.4 Å². The number of carbonyl (C=O) groups is 2. The van der Waals surface area contributed by atoms with Crippen molar-refractivity contribution in [3.8, 4) is 5.75 Å². The molecule has 0 atom stereocenters. The van der Waals surface area contributed by atoms with Gasteiger partial charge in [-0.25, -0.2) is 14.4 Å². The maximum absolute atomic E-state index is 14.3. The molecule has 1 aliphatic heterocycles. The van der Waals surface area contributed by atoms with Gasteiger partial charge in [0.25, 0.3) is 0 Å². The molecular weight excluding hydrogens is 449 g/mol. The number of carbonyl (C=O) groups excluding carboxylic acids is 1. The van der Waals surface area contributed by atoms with Crippen LogP contribution in [0.25, 0.3) is 0 Å². The molecule has 0 amide bonds. The number of hydrogen-bond acceptors (Lipinski definition) is 6. The SMILES string of the molecule is O=C(O)CCCC(=O)Cc1ccc(OCCCC2CCN(c3ncc(Cl)cn3)CC2)cc1F. The smallest absolute Gasteiger partial charge is 0.303 e. The quantitative estimate of drug-likeness (QED) is 0.442. The topological polar surface area (TPSA) is 92.6 Å². The summed E-state index contributed by atoms with van der Waals surface area (Å²) in [4.78, 5) is 33.1. The van der Waals surface area contributed by atoms with Gasteiger partial charge in [0, 0.05) is 38.4 Å². The zero-order chi connectivity index (χ0) is 23.6. The second-order valence-corrected chi connectivity index (χ2v) is 8.77. The molecule has 33 heavy (non-hydrogen) atoms. The van der Waals surface area contributed by atoms with Gasteiger partial charge in [0.1, 0.15) is 17.3 Å². The van der Waals surface area contributed by atoms with Crippen molar-refractivity contribution >= 4 is 29.3 Å². The maximum Gasteiger partial charge on any atom is 0.303 e. The third-order valence-corrected chi connectivity index (χ3v) is 5.98. The van der Waals surface area contributed by atoms with E-state index in [9.17, 15) is 14.0 Å². The molecule has 0 saturated carbocycles. The van der Waals surface area contributed by atoms with Crippen LogP contribution in [0.5, 0.6) is 5.75 Å². The Bertz CT molecular complexity index is 934. The van der Waals surface area contributed by atoms with Gasteiger partial charge < -0.3 is 14.7 Å². The van der Waals surface area contributed by atoms with Crippen LogP contribution in [0.4, 0.5) is 10.3 Å². The number of hydrogen-bond donors (Lipinski definition) is 1. The van der Waals surface area contributed by atoms with E-state index in [1.54, 1.807) is 24.5 Å². The molecule has 0 unspecified atom stereocenters. The standard InChI is InChI=1S/C24H29ClFN3O4/c25-19-15-27-24(28-16-19)29-10-8-17(9-11-29)3-2-12-33-21-7-6-18(22(26)14-21)13-20(30)4-1-5-23(31)32/h6-7,14-17H,1-5,8-13H2,(H,31,32). The van der Waals surface area contributed by atoms with Crippen LogP contribution >= 0.6 is 11.6 Å². The molecule has 0 spiro atoms. The van der Waals surface area contributed by atoms with Crippen molar-refractivity contribution in [2.75, 3.05) is 24.6 Å². The molecule has 1 fully saturated rings. The summed E-state index contributed by atoms with van der Waals surface area (Å²) in [6, 6.07) is 4.55. The first-order chi connectivity index (χ1) is 15.9. The number of Topliss-reactive ketones (excluding diaryl/α,β-unsaturated/α-hetero) is 1. The monoisotopic (exact) mass is 477 g/mol. The third kappa shape index (κ3) is 8.28. The van der Waals surface area contributed by atoms with Gasteiger partial charge >= 0.3 is 5.97 Å². The zero-order valence-electron chi connectivity index (χ0n) is 18.5. The number of anilines is 1. The van der Waals surface area contributed by atoms with Crippen LogP contribution in [0.15, 0.2) is 30.6 Å². The van der Waals surface area contributed by atoms with Gasteiger partial charge in [0.05, 0.1) is 24.0 Å². The number of carboxylic acid groups (broad SMARTS) is 1. The average Bonchev–Trinajstić information content (AvgIpc) is 2.79. The summed E-state index contributed by atoms with van der Waals surface area (Å²) in [5, 5.41) is 9.15. The van der Waals surface area contributed by atoms with Crippen molar-refractivity contribution in [1.82, 2.24) is 9.97 Å². The fraction of sp³-hybridized carbons (Fsp3) is 0.500. The van der Waals surface area contributed by atoms with Crippen LogP contribution in [-0.4, -0.2) is 46.5 Å². The Kier molecular flexibility index (Phi) is 9.42. The second kappa shape index (κ2) is 12.5. The van der Waals surface area contributed by atoms with Crippen LogP contribution in [0, 0.1) is 11.7 Å². The molecule has 0 radical (unpaired) electrons. The van der Waals surface area contributed by atoms with Gasteiger partial charge in [-0.05, 0) is 49.7 Å². The number of nitrogens with zero attached hydrogens (tertiary/aromatic N) is 3. The first kappa shape index (κ1) is 24.9. The van der Waals surface area contributed by atoms with E-state index in [-0.39, 0.29) is 31.5 Å². The molecule has 1 N–H and O–H groups in total. The van der Waals surface area contributed by atoms with E-state index in [0.717, 1.165) is 38.8 Å². The van der Waals surface area contributed by atoms with Gasteiger partial charge in [-0.15, -0.1) is 0 Å².